The number of rotatable bonds is 4. The summed E-state index contributed by atoms with van der Waals surface area (Å²) in [6.07, 6.45) is 3.20. The third kappa shape index (κ3) is 3.58. The monoisotopic (exact) mass is 354 g/mol. The van der Waals surface area contributed by atoms with Crippen LogP contribution in [0.2, 0.25) is 0 Å². The summed E-state index contributed by atoms with van der Waals surface area (Å²) in [7, 11) is 1.59. The zero-order chi connectivity index (χ0) is 15.4. The third-order valence-electron chi connectivity index (χ3n) is 4.33. The van der Waals surface area contributed by atoms with Gasteiger partial charge >= 0.3 is 0 Å². The summed E-state index contributed by atoms with van der Waals surface area (Å²) in [4.78, 5) is 14.7. The van der Waals surface area contributed by atoms with Crippen LogP contribution in [0.4, 0.5) is 0 Å². The average molecular weight is 355 g/mol. The lowest BCUT2D eigenvalue weighted by molar-refractivity contribution is 0.0555. The molecule has 0 spiro atoms. The Bertz CT molecular complexity index is 507. The van der Waals surface area contributed by atoms with Crippen LogP contribution in [0.1, 0.15) is 36.5 Å². The lowest BCUT2D eigenvalue weighted by Crippen LogP contribution is -2.49. The van der Waals surface area contributed by atoms with Gasteiger partial charge in [-0.25, -0.2) is 0 Å². The number of hydrogen-bond acceptors (Lipinski definition) is 3. The molecule has 116 valence electrons. The van der Waals surface area contributed by atoms with Gasteiger partial charge in [0, 0.05) is 23.6 Å². The number of benzene rings is 1. The normalized spacial score (nSPS) is 22.2. The number of nitrogens with two attached hydrogens (primary N) is 1. The minimum absolute atomic E-state index is 0.0179. The summed E-state index contributed by atoms with van der Waals surface area (Å²) in [6, 6.07) is 5.63. The highest BCUT2D eigenvalue weighted by Crippen LogP contribution is 2.29. The molecule has 0 bridgehead atoms. The smallest absolute Gasteiger partial charge is 0.257 e. The molecule has 1 amide bonds. The van der Waals surface area contributed by atoms with E-state index in [2.05, 4.69) is 22.9 Å². The van der Waals surface area contributed by atoms with Crippen molar-refractivity contribution >= 4 is 21.8 Å². The van der Waals surface area contributed by atoms with Gasteiger partial charge in [0.2, 0.25) is 0 Å². The Morgan fingerprint density at radius 3 is 2.90 bits per heavy atom. The van der Waals surface area contributed by atoms with E-state index in [1.165, 1.54) is 0 Å². The molecule has 0 radical (unpaired) electrons. The second-order valence-electron chi connectivity index (χ2n) is 5.53. The van der Waals surface area contributed by atoms with Crippen LogP contribution < -0.4 is 10.5 Å². The van der Waals surface area contributed by atoms with Crippen molar-refractivity contribution < 1.29 is 9.53 Å². The summed E-state index contributed by atoms with van der Waals surface area (Å²) >= 11 is 3.40. The Morgan fingerprint density at radius 1 is 1.52 bits per heavy atom. The molecule has 2 unspecified atom stereocenters. The van der Waals surface area contributed by atoms with E-state index in [0.717, 1.165) is 30.3 Å². The van der Waals surface area contributed by atoms with Crippen LogP contribution in [-0.2, 0) is 0 Å². The summed E-state index contributed by atoms with van der Waals surface area (Å²) in [5.41, 5.74) is 6.49. The van der Waals surface area contributed by atoms with Gasteiger partial charge in [0.05, 0.1) is 12.7 Å². The van der Waals surface area contributed by atoms with Gasteiger partial charge in [0.25, 0.3) is 5.91 Å². The van der Waals surface area contributed by atoms with E-state index < -0.39 is 0 Å². The molecule has 1 aliphatic heterocycles. The molecular weight excluding hydrogens is 332 g/mol. The Morgan fingerprint density at radius 2 is 2.29 bits per heavy atom. The predicted molar refractivity (Wildman–Crippen MR) is 87.6 cm³/mol. The van der Waals surface area contributed by atoms with Crippen molar-refractivity contribution in [1.82, 2.24) is 4.90 Å². The van der Waals surface area contributed by atoms with Crippen LogP contribution in [0.5, 0.6) is 5.75 Å². The number of hydrogen-bond donors (Lipinski definition) is 1. The van der Waals surface area contributed by atoms with Crippen molar-refractivity contribution in [3.8, 4) is 5.75 Å². The molecule has 5 heteroatoms. The lowest BCUT2D eigenvalue weighted by atomic mass is 9.88. The molecule has 2 rings (SSSR count). The van der Waals surface area contributed by atoms with E-state index in [0.29, 0.717) is 23.8 Å². The average Bonchev–Trinajstić information content (AvgIpc) is 2.53. The van der Waals surface area contributed by atoms with Gasteiger partial charge in [-0.1, -0.05) is 29.3 Å². The molecule has 0 aliphatic carbocycles. The number of halogens is 1. The first-order valence-corrected chi connectivity index (χ1v) is 8.24. The number of piperidine rings is 1. The molecule has 1 heterocycles. The summed E-state index contributed by atoms with van der Waals surface area (Å²) in [5, 5.41) is 0. The van der Waals surface area contributed by atoms with Gasteiger partial charge in [-0.15, -0.1) is 0 Å². The molecule has 0 aromatic heterocycles. The van der Waals surface area contributed by atoms with Crippen LogP contribution in [0.15, 0.2) is 22.7 Å². The number of ether oxygens (including phenoxy) is 1. The fourth-order valence-corrected chi connectivity index (χ4v) is 3.33. The Labute approximate surface area is 134 Å². The van der Waals surface area contributed by atoms with Gasteiger partial charge in [-0.05, 0) is 37.0 Å². The predicted octanol–water partition coefficient (Wildman–Crippen LogP) is 3.05. The summed E-state index contributed by atoms with van der Waals surface area (Å²) < 4.78 is 6.24. The van der Waals surface area contributed by atoms with Crippen molar-refractivity contribution in [2.24, 2.45) is 11.7 Å². The molecule has 21 heavy (non-hydrogen) atoms. The quantitative estimate of drug-likeness (QED) is 0.903. The zero-order valence-corrected chi connectivity index (χ0v) is 14.2. The molecule has 1 aliphatic rings. The lowest BCUT2D eigenvalue weighted by Gasteiger charge is -2.39. The van der Waals surface area contributed by atoms with E-state index >= 15 is 0 Å². The van der Waals surface area contributed by atoms with Crippen LogP contribution >= 0.6 is 15.9 Å². The van der Waals surface area contributed by atoms with Crippen molar-refractivity contribution in [2.45, 2.75) is 32.2 Å². The summed E-state index contributed by atoms with van der Waals surface area (Å²) in [5.74, 6) is 1.29. The van der Waals surface area contributed by atoms with Gasteiger partial charge in [0.15, 0.2) is 0 Å². The Hall–Kier alpha value is -1.07. The molecule has 4 nitrogen and oxygen atoms in total. The molecule has 2 N–H and O–H groups in total. The highest BCUT2D eigenvalue weighted by atomic mass is 79.9. The SMILES string of the molecule is CCC1CCN(C(=O)c2ccc(Br)cc2OC)C(CN)C1. The highest BCUT2D eigenvalue weighted by molar-refractivity contribution is 9.10. The maximum Gasteiger partial charge on any atom is 0.257 e. The van der Waals surface area contributed by atoms with E-state index in [4.69, 9.17) is 10.5 Å². The largest absolute Gasteiger partial charge is 0.496 e. The van der Waals surface area contributed by atoms with Crippen molar-refractivity contribution in [1.29, 1.82) is 0 Å². The minimum atomic E-state index is 0.0179. The minimum Gasteiger partial charge on any atom is -0.496 e. The molecule has 1 saturated heterocycles. The maximum atomic E-state index is 12.8. The molecule has 0 saturated carbocycles. The topological polar surface area (TPSA) is 55.6 Å². The van der Waals surface area contributed by atoms with Crippen molar-refractivity contribution in [3.63, 3.8) is 0 Å². The van der Waals surface area contributed by atoms with E-state index in [1.54, 1.807) is 7.11 Å². The molecular formula is C16H23BrN2O2. The standard InChI is InChI=1S/C16H23BrN2O2/c1-3-11-6-7-19(13(8-11)10-18)16(20)14-5-4-12(17)9-15(14)21-2/h4-5,9,11,13H,3,6-8,10,18H2,1-2H3. The fraction of sp³-hybridized carbons (Fsp3) is 0.562. The molecule has 1 aromatic carbocycles. The maximum absolute atomic E-state index is 12.8. The van der Waals surface area contributed by atoms with Gasteiger partial charge in [-0.3, -0.25) is 4.79 Å². The highest BCUT2D eigenvalue weighted by Gasteiger charge is 2.31. The number of carbonyl (C=O) groups excluding carboxylic acids is 1. The van der Waals surface area contributed by atoms with Crippen molar-refractivity contribution in [2.75, 3.05) is 20.2 Å². The number of methoxy groups -OCH3 is 1. The number of nitrogens with zero attached hydrogens (tertiary/aromatic N) is 1. The zero-order valence-electron chi connectivity index (χ0n) is 12.6. The van der Waals surface area contributed by atoms with E-state index in [-0.39, 0.29) is 11.9 Å². The van der Waals surface area contributed by atoms with Crippen LogP contribution in [-0.4, -0.2) is 37.0 Å². The first-order chi connectivity index (χ1) is 10.1. The van der Waals surface area contributed by atoms with Crippen molar-refractivity contribution in [3.05, 3.63) is 28.2 Å². The van der Waals surface area contributed by atoms with Crippen LogP contribution in [0.3, 0.4) is 0 Å². The summed E-state index contributed by atoms with van der Waals surface area (Å²) in [6.45, 7) is 3.49. The first-order valence-electron chi connectivity index (χ1n) is 7.45. The fourth-order valence-electron chi connectivity index (χ4n) is 2.99. The van der Waals surface area contributed by atoms with Gasteiger partial charge in [-0.2, -0.15) is 0 Å². The van der Waals surface area contributed by atoms with Gasteiger partial charge < -0.3 is 15.4 Å². The first kappa shape index (κ1) is 16.3. The molecule has 2 atom stereocenters. The second-order valence-corrected chi connectivity index (χ2v) is 6.45. The third-order valence-corrected chi connectivity index (χ3v) is 4.82. The van der Waals surface area contributed by atoms with Crippen LogP contribution in [0, 0.1) is 5.92 Å². The number of carbonyl (C=O) groups is 1. The van der Waals surface area contributed by atoms with E-state index in [9.17, 15) is 4.79 Å². The molecule has 1 fully saturated rings. The molecule has 1 aromatic rings. The van der Waals surface area contributed by atoms with E-state index in [1.807, 2.05) is 23.1 Å². The number of amides is 1. The van der Waals surface area contributed by atoms with Gasteiger partial charge in [0.1, 0.15) is 5.75 Å². The Kier molecular flexibility index (Phi) is 5.65. The number of likely N-dealkylation sites (tertiary alicyclic amines) is 1. The Balaban J connectivity index is 2.23. The second kappa shape index (κ2) is 7.27. The van der Waals surface area contributed by atoms with Crippen LogP contribution in [0.25, 0.3) is 0 Å².